The largest absolute Gasteiger partial charge is 0.399 e. The molecule has 4 N–H and O–H groups in total. The smallest absolute Gasteiger partial charge is 0.0350 e. The molecule has 0 atom stereocenters. The quantitative estimate of drug-likeness (QED) is 0.599. The maximum atomic E-state index is 5.80. The Balaban J connectivity index is 2.89. The van der Waals surface area contributed by atoms with Gasteiger partial charge in [0.2, 0.25) is 0 Å². The van der Waals surface area contributed by atoms with Gasteiger partial charge < -0.3 is 11.5 Å². The van der Waals surface area contributed by atoms with Gasteiger partial charge in [0.05, 0.1) is 0 Å². The van der Waals surface area contributed by atoms with Gasteiger partial charge in [0.15, 0.2) is 0 Å². The standard InChI is InChI=1S/C11H12N2/c1-7-10-6-9(12)4-2-8(10)3-5-11(7)13/h2-6H,12-13H2,1H3. The molecule has 0 amide bonds. The summed E-state index contributed by atoms with van der Waals surface area (Å²) in [5, 5.41) is 2.32. The van der Waals surface area contributed by atoms with Crippen LogP contribution in [0.5, 0.6) is 0 Å². The second kappa shape index (κ2) is 2.66. The maximum absolute atomic E-state index is 5.80. The Morgan fingerprint density at radius 1 is 1.00 bits per heavy atom. The summed E-state index contributed by atoms with van der Waals surface area (Å²) in [6.45, 7) is 2.01. The lowest BCUT2D eigenvalue weighted by atomic mass is 10.0. The summed E-state index contributed by atoms with van der Waals surface area (Å²) in [5.74, 6) is 0. The van der Waals surface area contributed by atoms with Gasteiger partial charge >= 0.3 is 0 Å². The van der Waals surface area contributed by atoms with Crippen molar-refractivity contribution in [1.29, 1.82) is 0 Å². The van der Waals surface area contributed by atoms with Gasteiger partial charge in [0.25, 0.3) is 0 Å². The van der Waals surface area contributed by atoms with Crippen molar-refractivity contribution in [3.63, 3.8) is 0 Å². The van der Waals surface area contributed by atoms with Gasteiger partial charge in [-0.1, -0.05) is 12.1 Å². The molecule has 0 aliphatic heterocycles. The van der Waals surface area contributed by atoms with Crippen LogP contribution in [0.3, 0.4) is 0 Å². The highest BCUT2D eigenvalue weighted by Crippen LogP contribution is 2.24. The van der Waals surface area contributed by atoms with Crippen molar-refractivity contribution in [2.24, 2.45) is 0 Å². The van der Waals surface area contributed by atoms with Gasteiger partial charge in [-0.05, 0) is 41.5 Å². The van der Waals surface area contributed by atoms with Gasteiger partial charge in [-0.3, -0.25) is 0 Å². The fourth-order valence-corrected chi connectivity index (χ4v) is 1.50. The molecule has 66 valence electrons. The third-order valence-electron chi connectivity index (χ3n) is 2.36. The Bertz CT molecular complexity index is 456. The lowest BCUT2D eigenvalue weighted by molar-refractivity contribution is 1.52. The second-order valence-electron chi connectivity index (χ2n) is 3.26. The van der Waals surface area contributed by atoms with Crippen molar-refractivity contribution in [1.82, 2.24) is 0 Å². The van der Waals surface area contributed by atoms with Crippen LogP contribution in [0.4, 0.5) is 11.4 Å². The minimum atomic E-state index is 0.779. The minimum Gasteiger partial charge on any atom is -0.399 e. The number of rotatable bonds is 0. The lowest BCUT2D eigenvalue weighted by Gasteiger charge is -2.05. The normalized spacial score (nSPS) is 10.5. The van der Waals surface area contributed by atoms with Gasteiger partial charge in [0.1, 0.15) is 0 Å². The van der Waals surface area contributed by atoms with Gasteiger partial charge in [-0.2, -0.15) is 0 Å². The summed E-state index contributed by atoms with van der Waals surface area (Å²) in [5.41, 5.74) is 14.2. The van der Waals surface area contributed by atoms with Crippen LogP contribution in [0.15, 0.2) is 30.3 Å². The molecule has 0 fully saturated rings. The third-order valence-corrected chi connectivity index (χ3v) is 2.36. The summed E-state index contributed by atoms with van der Waals surface area (Å²) < 4.78 is 0. The first-order chi connectivity index (χ1) is 6.18. The Morgan fingerprint density at radius 2 is 1.69 bits per heavy atom. The predicted molar refractivity (Wildman–Crippen MR) is 57.5 cm³/mol. The predicted octanol–water partition coefficient (Wildman–Crippen LogP) is 2.31. The van der Waals surface area contributed by atoms with Gasteiger partial charge in [-0.15, -0.1) is 0 Å². The summed E-state index contributed by atoms with van der Waals surface area (Å²) >= 11 is 0. The third kappa shape index (κ3) is 1.20. The van der Waals surface area contributed by atoms with E-state index >= 15 is 0 Å². The SMILES string of the molecule is Cc1c(N)ccc2ccc(N)cc12. The first kappa shape index (κ1) is 7.92. The van der Waals surface area contributed by atoms with E-state index in [9.17, 15) is 0 Å². The highest BCUT2D eigenvalue weighted by Gasteiger charge is 2.00. The fourth-order valence-electron chi connectivity index (χ4n) is 1.50. The van der Waals surface area contributed by atoms with Crippen molar-refractivity contribution in [3.8, 4) is 0 Å². The van der Waals surface area contributed by atoms with E-state index in [1.165, 1.54) is 5.39 Å². The number of anilines is 2. The van der Waals surface area contributed by atoms with Crippen LogP contribution in [0.1, 0.15) is 5.56 Å². The molecule has 0 aliphatic rings. The van der Waals surface area contributed by atoms with Crippen LogP contribution in [0.25, 0.3) is 10.8 Å². The van der Waals surface area contributed by atoms with Crippen LogP contribution in [0.2, 0.25) is 0 Å². The highest BCUT2D eigenvalue weighted by molar-refractivity contribution is 5.91. The molecule has 0 saturated heterocycles. The molecule has 0 bridgehead atoms. The lowest BCUT2D eigenvalue weighted by Crippen LogP contribution is -1.91. The summed E-state index contributed by atoms with van der Waals surface area (Å²) in [6.07, 6.45) is 0. The molecule has 0 unspecified atom stereocenters. The van der Waals surface area contributed by atoms with E-state index in [0.29, 0.717) is 0 Å². The van der Waals surface area contributed by atoms with E-state index in [1.54, 1.807) is 0 Å². The van der Waals surface area contributed by atoms with Crippen LogP contribution >= 0.6 is 0 Å². The zero-order chi connectivity index (χ0) is 9.42. The van der Waals surface area contributed by atoms with E-state index in [2.05, 4.69) is 0 Å². The average Bonchev–Trinajstić information content (AvgIpc) is 2.12. The topological polar surface area (TPSA) is 52.0 Å². The van der Waals surface area contributed by atoms with E-state index < -0.39 is 0 Å². The van der Waals surface area contributed by atoms with Crippen molar-refractivity contribution in [2.75, 3.05) is 11.5 Å². The van der Waals surface area contributed by atoms with Crippen LogP contribution in [0, 0.1) is 6.92 Å². The first-order valence-electron chi connectivity index (χ1n) is 4.23. The van der Waals surface area contributed by atoms with Crippen LogP contribution in [-0.4, -0.2) is 0 Å². The molecule has 0 spiro atoms. The molecule has 0 aromatic heterocycles. The van der Waals surface area contributed by atoms with Crippen LogP contribution < -0.4 is 11.5 Å². The van der Waals surface area contributed by atoms with E-state index in [-0.39, 0.29) is 0 Å². The number of hydrogen-bond acceptors (Lipinski definition) is 2. The molecular formula is C11H12N2. The first-order valence-corrected chi connectivity index (χ1v) is 4.23. The summed E-state index contributed by atoms with van der Waals surface area (Å²) in [6, 6.07) is 9.81. The molecule has 2 heteroatoms. The van der Waals surface area contributed by atoms with Crippen molar-refractivity contribution in [3.05, 3.63) is 35.9 Å². The second-order valence-corrected chi connectivity index (χ2v) is 3.26. The summed E-state index contributed by atoms with van der Waals surface area (Å²) in [7, 11) is 0. The maximum Gasteiger partial charge on any atom is 0.0350 e. The van der Waals surface area contributed by atoms with E-state index in [4.69, 9.17) is 11.5 Å². The summed E-state index contributed by atoms with van der Waals surface area (Å²) in [4.78, 5) is 0. The molecule has 0 aliphatic carbocycles. The van der Waals surface area contributed by atoms with Crippen molar-refractivity contribution in [2.45, 2.75) is 6.92 Å². The molecule has 13 heavy (non-hydrogen) atoms. The number of aryl methyl sites for hydroxylation is 1. The number of benzene rings is 2. The monoisotopic (exact) mass is 172 g/mol. The number of nitrogens with two attached hydrogens (primary N) is 2. The molecule has 2 nitrogen and oxygen atoms in total. The van der Waals surface area contributed by atoms with Crippen molar-refractivity contribution < 1.29 is 0 Å². The van der Waals surface area contributed by atoms with E-state index in [1.807, 2.05) is 37.3 Å². The molecule has 2 aromatic carbocycles. The Kier molecular flexibility index (Phi) is 1.62. The minimum absolute atomic E-state index is 0.779. The van der Waals surface area contributed by atoms with Crippen LogP contribution in [-0.2, 0) is 0 Å². The average molecular weight is 172 g/mol. The molecule has 2 aromatic rings. The zero-order valence-electron chi connectivity index (χ0n) is 7.54. The Morgan fingerprint density at radius 3 is 2.46 bits per heavy atom. The number of hydrogen-bond donors (Lipinski definition) is 2. The molecule has 0 radical (unpaired) electrons. The molecule has 2 rings (SSSR count). The Labute approximate surface area is 77.2 Å². The molecule has 0 saturated carbocycles. The van der Waals surface area contributed by atoms with Crippen molar-refractivity contribution >= 4 is 22.1 Å². The van der Waals surface area contributed by atoms with Gasteiger partial charge in [0, 0.05) is 11.4 Å². The fraction of sp³-hybridized carbons (Fsp3) is 0.0909. The number of fused-ring (bicyclic) bond motifs is 1. The highest BCUT2D eigenvalue weighted by atomic mass is 14.6. The molecule has 0 heterocycles. The molecular weight excluding hydrogens is 160 g/mol. The van der Waals surface area contributed by atoms with E-state index in [0.717, 1.165) is 22.3 Å². The zero-order valence-corrected chi connectivity index (χ0v) is 7.54. The Hall–Kier alpha value is -1.70. The van der Waals surface area contributed by atoms with Gasteiger partial charge in [-0.25, -0.2) is 0 Å². The number of nitrogen functional groups attached to an aromatic ring is 2.